The van der Waals surface area contributed by atoms with Gasteiger partial charge in [-0.2, -0.15) is 0 Å². The average Bonchev–Trinajstić information content (AvgIpc) is 2.98. The number of hydrogen-bond acceptors (Lipinski definition) is 10. The van der Waals surface area contributed by atoms with Crippen LogP contribution in [0, 0.1) is 0 Å². The predicted molar refractivity (Wildman–Crippen MR) is 188 cm³/mol. The van der Waals surface area contributed by atoms with E-state index in [1.165, 1.54) is 49.2 Å². The van der Waals surface area contributed by atoms with E-state index in [-0.39, 0.29) is 34.9 Å². The number of carboxylic acid groups (broad SMARTS) is 1. The summed E-state index contributed by atoms with van der Waals surface area (Å²) < 4.78 is 2.40. The predicted octanol–water partition coefficient (Wildman–Crippen LogP) is 5.16. The van der Waals surface area contributed by atoms with Crippen molar-refractivity contribution in [3.63, 3.8) is 0 Å². The molecule has 0 radical (unpaired) electrons. The zero-order valence-electron chi connectivity index (χ0n) is 26.3. The van der Waals surface area contributed by atoms with Crippen LogP contribution in [0.3, 0.4) is 0 Å². The summed E-state index contributed by atoms with van der Waals surface area (Å²) in [6.07, 6.45) is 3.47. The molecule has 4 rings (SSSR count). The Balaban J connectivity index is 0.000000260. The normalized spacial score (nSPS) is 10.5. The molecule has 48 heavy (non-hydrogen) atoms. The summed E-state index contributed by atoms with van der Waals surface area (Å²) in [4.78, 5) is 78.4. The highest BCUT2D eigenvalue weighted by Gasteiger charge is 2.16. The van der Waals surface area contributed by atoms with E-state index >= 15 is 0 Å². The molecule has 0 aliphatic heterocycles. The molecule has 0 aliphatic rings. The highest BCUT2D eigenvalue weighted by Crippen LogP contribution is 2.31. The Morgan fingerprint density at radius 3 is 1.44 bits per heavy atom. The molecule has 0 atom stereocenters. The third-order valence-corrected chi connectivity index (χ3v) is 7.95. The highest BCUT2D eigenvalue weighted by molar-refractivity contribution is 7.98. The van der Waals surface area contributed by atoms with Gasteiger partial charge in [0.15, 0.2) is 10.3 Å². The quantitative estimate of drug-likeness (QED) is 0.145. The number of aliphatic carboxylic acids is 1. The molecule has 17 heteroatoms. The monoisotopic (exact) mass is 732 g/mol. The van der Waals surface area contributed by atoms with Crippen LogP contribution in [0.25, 0.3) is 22.5 Å². The lowest BCUT2D eigenvalue weighted by molar-refractivity contribution is -0.138. The van der Waals surface area contributed by atoms with Crippen molar-refractivity contribution in [1.82, 2.24) is 19.1 Å². The van der Waals surface area contributed by atoms with Gasteiger partial charge in [0.2, 0.25) is 11.8 Å². The zero-order chi connectivity index (χ0) is 35.7. The number of anilines is 2. The van der Waals surface area contributed by atoms with E-state index < -0.39 is 18.1 Å². The van der Waals surface area contributed by atoms with Gasteiger partial charge < -0.3 is 15.7 Å². The van der Waals surface area contributed by atoms with Gasteiger partial charge in [-0.3, -0.25) is 37.9 Å². The molecular weight excluding hydrogens is 703 g/mol. The molecule has 0 aliphatic carbocycles. The van der Waals surface area contributed by atoms with Crippen molar-refractivity contribution in [3.8, 4) is 22.5 Å². The molecular formula is C31H30Cl2N6O7S2. The van der Waals surface area contributed by atoms with Gasteiger partial charge in [-0.1, -0.05) is 46.7 Å². The molecule has 3 N–H and O–H groups in total. The van der Waals surface area contributed by atoms with Gasteiger partial charge in [0.05, 0.1) is 29.3 Å². The molecule has 2 amide bonds. The van der Waals surface area contributed by atoms with E-state index in [1.807, 2.05) is 0 Å². The van der Waals surface area contributed by atoms with Crippen LogP contribution in [0.15, 0.2) is 68.4 Å². The summed E-state index contributed by atoms with van der Waals surface area (Å²) in [7, 11) is 0. The number of nitrogens with one attached hydrogen (secondary N) is 2. The van der Waals surface area contributed by atoms with E-state index in [1.54, 1.807) is 48.9 Å². The van der Waals surface area contributed by atoms with Crippen LogP contribution in [0.4, 0.5) is 11.4 Å². The minimum atomic E-state index is -1.13. The Bertz CT molecular complexity index is 1870. The fourth-order valence-electron chi connectivity index (χ4n) is 4.27. The number of Topliss-reactive ketones (excluding diaryl/α,β-unsaturated/α-hetero) is 1. The van der Waals surface area contributed by atoms with Crippen LogP contribution < -0.4 is 21.8 Å². The fraction of sp³-hybridized carbons (Fsp3) is 0.226. The first-order chi connectivity index (χ1) is 22.6. The second-order valence-corrected chi connectivity index (χ2v) is 12.4. The van der Waals surface area contributed by atoms with Crippen LogP contribution >= 0.6 is 46.7 Å². The Morgan fingerprint density at radius 1 is 0.708 bits per heavy atom. The van der Waals surface area contributed by atoms with Gasteiger partial charge in [0, 0.05) is 47.2 Å². The van der Waals surface area contributed by atoms with E-state index in [0.717, 1.165) is 16.3 Å². The number of hydrogen-bond donors (Lipinski definition) is 3. The number of halogens is 2. The summed E-state index contributed by atoms with van der Waals surface area (Å²) in [5.41, 5.74) is 1.90. The van der Waals surface area contributed by atoms with E-state index in [0.29, 0.717) is 49.1 Å². The molecule has 0 fully saturated rings. The molecule has 0 unspecified atom stereocenters. The van der Waals surface area contributed by atoms with Gasteiger partial charge >= 0.3 is 5.97 Å². The lowest BCUT2D eigenvalue weighted by Gasteiger charge is -2.13. The topological polar surface area (TPSA) is 182 Å². The molecule has 2 aromatic heterocycles. The Kier molecular flexibility index (Phi) is 13.5. The van der Waals surface area contributed by atoms with Crippen LogP contribution in [0.5, 0.6) is 0 Å². The largest absolute Gasteiger partial charge is 0.480 e. The number of benzene rings is 2. The molecule has 0 saturated carbocycles. The van der Waals surface area contributed by atoms with Gasteiger partial charge in [-0.25, -0.2) is 9.97 Å². The standard InChI is InChI=1S/C16H16ClN3O3S.C15H14ClN3O4S/c1-9(21)8-20-15(23)7-14(19-16(20)24-3)12-5-4-11(17)6-13(12)18-10(2)22;1-8(20)17-11-5-9(16)3-4-10(11)12-6-13(21)19(7-14(22)23)15(18-12)24-2/h4-7H,8H2,1-3H3,(H,18,22);3-6H,7H2,1-2H3,(H,17,20)(H,22,23). The van der Waals surface area contributed by atoms with Gasteiger partial charge in [0.1, 0.15) is 12.3 Å². The maximum atomic E-state index is 12.4. The summed E-state index contributed by atoms with van der Waals surface area (Å²) in [5, 5.41) is 15.8. The number of thioether (sulfide) groups is 2. The lowest BCUT2D eigenvalue weighted by atomic mass is 10.1. The second-order valence-electron chi connectivity index (χ2n) is 9.94. The molecule has 0 spiro atoms. The Hall–Kier alpha value is -4.44. The number of rotatable bonds is 10. The number of amides is 2. The molecule has 4 aromatic rings. The van der Waals surface area contributed by atoms with Gasteiger partial charge in [-0.05, 0) is 55.8 Å². The summed E-state index contributed by atoms with van der Waals surface area (Å²) in [5.74, 6) is -1.81. The molecule has 0 bridgehead atoms. The Morgan fingerprint density at radius 2 is 1.10 bits per heavy atom. The third-order valence-electron chi connectivity index (χ3n) is 6.12. The van der Waals surface area contributed by atoms with Crippen molar-refractivity contribution in [2.75, 3.05) is 23.1 Å². The first-order valence-corrected chi connectivity index (χ1v) is 17.0. The number of ketones is 1. The second kappa shape index (κ2) is 17.1. The third kappa shape index (κ3) is 10.3. The molecule has 0 saturated heterocycles. The number of carboxylic acids is 1. The van der Waals surface area contributed by atoms with Gasteiger partial charge in [-0.15, -0.1) is 0 Å². The van der Waals surface area contributed by atoms with Crippen molar-refractivity contribution in [2.45, 2.75) is 44.2 Å². The number of carbonyl (C=O) groups excluding carboxylic acids is 3. The van der Waals surface area contributed by atoms with E-state index in [9.17, 15) is 28.8 Å². The molecule has 13 nitrogen and oxygen atoms in total. The van der Waals surface area contributed by atoms with Gasteiger partial charge in [0.25, 0.3) is 11.1 Å². The summed E-state index contributed by atoms with van der Waals surface area (Å²) in [6, 6.07) is 12.3. The van der Waals surface area contributed by atoms with Crippen molar-refractivity contribution in [3.05, 3.63) is 79.3 Å². The summed E-state index contributed by atoms with van der Waals surface area (Å²) in [6.45, 7) is 3.66. The van der Waals surface area contributed by atoms with Crippen molar-refractivity contribution >= 4 is 81.7 Å². The summed E-state index contributed by atoms with van der Waals surface area (Å²) >= 11 is 14.4. The molecule has 2 heterocycles. The minimum absolute atomic E-state index is 0.0263. The van der Waals surface area contributed by atoms with E-state index in [2.05, 4.69) is 20.6 Å². The number of carbonyl (C=O) groups is 4. The first-order valence-electron chi connectivity index (χ1n) is 13.8. The van der Waals surface area contributed by atoms with Crippen molar-refractivity contribution in [1.29, 1.82) is 0 Å². The van der Waals surface area contributed by atoms with Crippen LogP contribution in [0.2, 0.25) is 10.0 Å². The average molecular weight is 734 g/mol. The molecule has 2 aromatic carbocycles. The maximum Gasteiger partial charge on any atom is 0.323 e. The number of nitrogens with zero attached hydrogens (tertiary/aromatic N) is 4. The SMILES string of the molecule is CSc1nc(-c2ccc(Cl)cc2NC(C)=O)cc(=O)n1CC(=O)O.CSc1nc(-c2ccc(Cl)cc2NC(C)=O)cc(=O)n1CC(C)=O. The highest BCUT2D eigenvalue weighted by atomic mass is 35.5. The first kappa shape index (κ1) is 38.0. The van der Waals surface area contributed by atoms with Crippen molar-refractivity contribution < 1.29 is 24.3 Å². The Labute approximate surface area is 293 Å². The van der Waals surface area contributed by atoms with E-state index in [4.69, 9.17) is 28.3 Å². The van der Waals surface area contributed by atoms with Crippen LogP contribution in [-0.2, 0) is 32.3 Å². The zero-order valence-corrected chi connectivity index (χ0v) is 29.4. The smallest absolute Gasteiger partial charge is 0.323 e. The van der Waals surface area contributed by atoms with Crippen molar-refractivity contribution in [2.24, 2.45) is 0 Å². The van der Waals surface area contributed by atoms with Crippen LogP contribution in [-0.4, -0.2) is 60.3 Å². The lowest BCUT2D eigenvalue weighted by Crippen LogP contribution is -2.26. The fourth-order valence-corrected chi connectivity index (χ4v) is 5.75. The minimum Gasteiger partial charge on any atom is -0.480 e. The number of aromatic nitrogens is 4. The molecule has 252 valence electrons. The maximum absolute atomic E-state index is 12.4. The van der Waals surface area contributed by atoms with Crippen LogP contribution in [0.1, 0.15) is 20.8 Å².